The van der Waals surface area contributed by atoms with Crippen molar-refractivity contribution in [2.24, 2.45) is 17.3 Å². The van der Waals surface area contributed by atoms with Crippen LogP contribution in [0.25, 0.3) is 5.57 Å². The summed E-state index contributed by atoms with van der Waals surface area (Å²) >= 11 is 0. The smallest absolute Gasteiger partial charge is 0.341 e. The van der Waals surface area contributed by atoms with E-state index in [0.29, 0.717) is 23.5 Å². The number of hydrogen-bond donors (Lipinski definition) is 1. The molecule has 1 saturated carbocycles. The van der Waals surface area contributed by atoms with E-state index >= 15 is 0 Å². The van der Waals surface area contributed by atoms with Gasteiger partial charge in [-0.15, -0.1) is 0 Å². The lowest BCUT2D eigenvalue weighted by atomic mass is 9.54. The molecule has 0 radical (unpaired) electrons. The van der Waals surface area contributed by atoms with Crippen LogP contribution in [-0.4, -0.2) is 27.7 Å². The van der Waals surface area contributed by atoms with Crippen LogP contribution >= 0.6 is 0 Å². The number of benzene rings is 1. The van der Waals surface area contributed by atoms with Crippen LogP contribution in [0.4, 0.5) is 0 Å². The van der Waals surface area contributed by atoms with E-state index in [1.807, 2.05) is 18.5 Å². The van der Waals surface area contributed by atoms with Crippen LogP contribution in [0.15, 0.2) is 43.0 Å². The number of carbonyl (C=O) groups is 1. The summed E-state index contributed by atoms with van der Waals surface area (Å²) in [5.74, 6) is 1.66. The van der Waals surface area contributed by atoms with Crippen LogP contribution in [0.3, 0.4) is 0 Å². The maximum absolute atomic E-state index is 10.8. The molecule has 1 aromatic carbocycles. The maximum atomic E-state index is 10.8. The van der Waals surface area contributed by atoms with Crippen LogP contribution in [0.1, 0.15) is 55.2 Å². The molecule has 150 valence electrons. The number of ether oxygens (including phenoxy) is 1. The molecular weight excluding hydrogens is 364 g/mol. The first-order valence-corrected chi connectivity index (χ1v) is 10.5. The van der Waals surface area contributed by atoms with Crippen LogP contribution < -0.4 is 4.74 Å². The minimum Gasteiger partial charge on any atom is -0.482 e. The number of allylic oxidation sites excluding steroid dienone is 2. The van der Waals surface area contributed by atoms with Gasteiger partial charge in [0.1, 0.15) is 12.1 Å². The third kappa shape index (κ3) is 3.04. The molecule has 1 N–H and O–H groups in total. The van der Waals surface area contributed by atoms with E-state index in [9.17, 15) is 4.79 Å². The van der Waals surface area contributed by atoms with Crippen molar-refractivity contribution in [1.29, 1.82) is 0 Å². The second-order valence-corrected chi connectivity index (χ2v) is 8.90. The summed E-state index contributed by atoms with van der Waals surface area (Å²) in [6.07, 6.45) is 13.7. The highest BCUT2D eigenvalue weighted by Crippen LogP contribution is 2.63. The van der Waals surface area contributed by atoms with Crippen LogP contribution in [0, 0.1) is 17.3 Å². The quantitative estimate of drug-likeness (QED) is 0.833. The Morgan fingerprint density at radius 3 is 2.90 bits per heavy atom. The summed E-state index contributed by atoms with van der Waals surface area (Å²) in [4.78, 5) is 19.3. The van der Waals surface area contributed by atoms with Crippen molar-refractivity contribution < 1.29 is 14.6 Å². The van der Waals surface area contributed by atoms with Crippen LogP contribution in [0.2, 0.25) is 0 Å². The Morgan fingerprint density at radius 1 is 1.28 bits per heavy atom. The highest BCUT2D eigenvalue weighted by Gasteiger charge is 2.51. The average molecular weight is 390 g/mol. The van der Waals surface area contributed by atoms with E-state index in [4.69, 9.17) is 9.84 Å². The lowest BCUT2D eigenvalue weighted by molar-refractivity contribution is -0.139. The van der Waals surface area contributed by atoms with Crippen molar-refractivity contribution in [3.8, 4) is 5.75 Å². The Morgan fingerprint density at radius 2 is 2.10 bits per heavy atom. The third-order valence-electron chi connectivity index (χ3n) is 7.51. The highest BCUT2D eigenvalue weighted by atomic mass is 16.5. The molecule has 4 atom stereocenters. The van der Waals surface area contributed by atoms with Crippen LogP contribution in [-0.2, 0) is 11.2 Å². The molecule has 1 fully saturated rings. The molecule has 3 aliphatic carbocycles. The number of hydrogen-bond acceptors (Lipinski definition) is 4. The summed E-state index contributed by atoms with van der Waals surface area (Å²) in [6.45, 7) is 2.15. The Hall–Kier alpha value is -2.69. The molecule has 0 unspecified atom stereocenters. The summed E-state index contributed by atoms with van der Waals surface area (Å²) in [6, 6.07) is 6.18. The number of aryl methyl sites for hydroxylation is 1. The number of nitrogens with zero attached hydrogens (tertiary/aromatic N) is 2. The lowest BCUT2D eigenvalue weighted by Gasteiger charge is -2.50. The van der Waals surface area contributed by atoms with Gasteiger partial charge < -0.3 is 9.84 Å². The van der Waals surface area contributed by atoms with E-state index in [-0.39, 0.29) is 12.0 Å². The van der Waals surface area contributed by atoms with Crippen molar-refractivity contribution in [3.05, 3.63) is 59.7 Å². The number of fused-ring (bicyclic) bond motifs is 5. The molecule has 2 aromatic rings. The SMILES string of the molecule is C[C@]12CC[C@@H]3c4ccc(OCC(=O)O)cc4CC[C@H]3[C@@H]1CC=C2c1cncnc1. The molecule has 29 heavy (non-hydrogen) atoms. The van der Waals surface area contributed by atoms with Gasteiger partial charge in [0.2, 0.25) is 0 Å². The van der Waals surface area contributed by atoms with Gasteiger partial charge in [0, 0.05) is 18.0 Å². The third-order valence-corrected chi connectivity index (χ3v) is 7.51. The van der Waals surface area contributed by atoms with E-state index in [2.05, 4.69) is 35.1 Å². The Labute approximate surface area is 170 Å². The van der Waals surface area contributed by atoms with Crippen molar-refractivity contribution in [2.75, 3.05) is 6.61 Å². The lowest BCUT2D eigenvalue weighted by Crippen LogP contribution is -2.40. The molecule has 0 amide bonds. The van der Waals surface area contributed by atoms with Gasteiger partial charge in [0.15, 0.2) is 6.61 Å². The molecule has 5 heteroatoms. The van der Waals surface area contributed by atoms with Crippen molar-refractivity contribution >= 4 is 11.5 Å². The monoisotopic (exact) mass is 390 g/mol. The average Bonchev–Trinajstić information content (AvgIpc) is 3.09. The largest absolute Gasteiger partial charge is 0.482 e. The maximum Gasteiger partial charge on any atom is 0.341 e. The van der Waals surface area contributed by atoms with Crippen molar-refractivity contribution in [2.45, 2.75) is 44.9 Å². The topological polar surface area (TPSA) is 72.3 Å². The summed E-state index contributed by atoms with van der Waals surface area (Å²) in [7, 11) is 0. The molecule has 0 spiro atoms. The van der Waals surface area contributed by atoms with Crippen LogP contribution in [0.5, 0.6) is 5.75 Å². The highest BCUT2D eigenvalue weighted by molar-refractivity contribution is 5.72. The number of carboxylic acids is 1. The molecule has 5 rings (SSSR count). The van der Waals surface area contributed by atoms with Gasteiger partial charge in [-0.3, -0.25) is 0 Å². The predicted molar refractivity (Wildman–Crippen MR) is 110 cm³/mol. The van der Waals surface area contributed by atoms with Gasteiger partial charge in [-0.2, -0.15) is 0 Å². The van der Waals surface area contributed by atoms with Gasteiger partial charge in [0.25, 0.3) is 0 Å². The number of carboxylic acid groups (broad SMARTS) is 1. The summed E-state index contributed by atoms with van der Waals surface area (Å²) in [5, 5.41) is 8.84. The Bertz CT molecular complexity index is 971. The second-order valence-electron chi connectivity index (χ2n) is 8.90. The Kier molecular flexibility index (Phi) is 4.41. The first-order valence-electron chi connectivity index (χ1n) is 10.5. The molecule has 1 heterocycles. The number of aliphatic carboxylic acids is 1. The standard InChI is InChI=1S/C24H26N2O3/c1-24-9-8-19-18-5-3-17(29-13-23(27)28)10-15(18)2-4-20(19)22(24)7-6-21(24)16-11-25-14-26-12-16/h3,5-6,10-12,14,19-20,22H,2,4,7-9,13H2,1H3,(H,27,28)/t19-,20-,22+,24-/m1/s1. The molecule has 1 aromatic heterocycles. The van der Waals surface area contributed by atoms with Gasteiger partial charge in [0.05, 0.1) is 0 Å². The van der Waals surface area contributed by atoms with Gasteiger partial charge >= 0.3 is 5.97 Å². The zero-order chi connectivity index (χ0) is 20.0. The summed E-state index contributed by atoms with van der Waals surface area (Å²) < 4.78 is 5.40. The molecule has 5 nitrogen and oxygen atoms in total. The fourth-order valence-corrected chi connectivity index (χ4v) is 6.25. The fraction of sp³-hybridized carbons (Fsp3) is 0.458. The normalized spacial score (nSPS) is 30.0. The van der Waals surface area contributed by atoms with Gasteiger partial charge in [-0.25, -0.2) is 14.8 Å². The number of rotatable bonds is 4. The zero-order valence-corrected chi connectivity index (χ0v) is 16.7. The molecule has 0 aliphatic heterocycles. The van der Waals surface area contributed by atoms with E-state index in [1.54, 1.807) is 6.33 Å². The van der Waals surface area contributed by atoms with Crippen molar-refractivity contribution in [3.63, 3.8) is 0 Å². The number of aromatic nitrogens is 2. The molecule has 0 saturated heterocycles. The fourth-order valence-electron chi connectivity index (χ4n) is 6.25. The first-order chi connectivity index (χ1) is 14.1. The summed E-state index contributed by atoms with van der Waals surface area (Å²) in [5.41, 5.74) is 5.59. The van der Waals surface area contributed by atoms with E-state index < -0.39 is 5.97 Å². The zero-order valence-electron chi connectivity index (χ0n) is 16.7. The van der Waals surface area contributed by atoms with Gasteiger partial charge in [-0.05, 0) is 84.1 Å². The minimum atomic E-state index is -0.942. The Balaban J connectivity index is 1.40. The van der Waals surface area contributed by atoms with E-state index in [1.165, 1.54) is 41.5 Å². The predicted octanol–water partition coefficient (Wildman–Crippen LogP) is 4.49. The van der Waals surface area contributed by atoms with E-state index in [0.717, 1.165) is 12.8 Å². The second kappa shape index (κ2) is 6.97. The van der Waals surface area contributed by atoms with Crippen molar-refractivity contribution in [1.82, 2.24) is 9.97 Å². The molecule has 3 aliphatic rings. The molecule has 0 bridgehead atoms. The first kappa shape index (κ1) is 18.3. The molecular formula is C24H26N2O3. The minimum absolute atomic E-state index is 0.202. The van der Waals surface area contributed by atoms with Gasteiger partial charge in [-0.1, -0.05) is 19.1 Å².